The fourth-order valence-corrected chi connectivity index (χ4v) is 4.59. The maximum atomic E-state index is 12.5. The molecule has 134 valence electrons. The Bertz CT molecular complexity index is 1050. The van der Waals surface area contributed by atoms with Gasteiger partial charge in [0.25, 0.3) is 5.91 Å². The molecule has 1 aromatic heterocycles. The van der Waals surface area contributed by atoms with E-state index in [9.17, 15) is 4.79 Å². The zero-order chi connectivity index (χ0) is 18.3. The number of aromatic nitrogens is 1. The van der Waals surface area contributed by atoms with Crippen molar-refractivity contribution in [3.63, 3.8) is 0 Å². The van der Waals surface area contributed by atoms with Gasteiger partial charge in [-0.2, -0.15) is 4.99 Å². The summed E-state index contributed by atoms with van der Waals surface area (Å²) in [5, 5.41) is 0.508. The van der Waals surface area contributed by atoms with Crippen LogP contribution in [0.15, 0.2) is 46.3 Å². The van der Waals surface area contributed by atoms with Crippen molar-refractivity contribution in [1.82, 2.24) is 4.57 Å². The second kappa shape index (κ2) is 6.81. The Kier molecular flexibility index (Phi) is 4.50. The van der Waals surface area contributed by atoms with Crippen molar-refractivity contribution in [3.05, 3.63) is 46.8 Å². The summed E-state index contributed by atoms with van der Waals surface area (Å²) in [6.45, 7) is 4.54. The van der Waals surface area contributed by atoms with E-state index in [2.05, 4.69) is 18.8 Å². The molecule has 4 rings (SSSR count). The number of carbonyl (C=O) groups excluding carboxylic acids is 1. The highest BCUT2D eigenvalue weighted by Gasteiger charge is 2.17. The molecule has 26 heavy (non-hydrogen) atoms. The summed E-state index contributed by atoms with van der Waals surface area (Å²) in [5.41, 5.74) is 1.55. The molecule has 2 aromatic carbocycles. The number of amides is 1. The quantitative estimate of drug-likeness (QED) is 0.633. The number of hydrogen-bond donors (Lipinski definition) is 0. The van der Waals surface area contributed by atoms with Crippen LogP contribution >= 0.6 is 23.1 Å². The number of aryl methyl sites for hydroxylation is 1. The van der Waals surface area contributed by atoms with Crippen LogP contribution in [0.4, 0.5) is 0 Å². The van der Waals surface area contributed by atoms with E-state index in [-0.39, 0.29) is 12.7 Å². The molecule has 1 amide bonds. The summed E-state index contributed by atoms with van der Waals surface area (Å²) in [6.07, 6.45) is 0. The summed E-state index contributed by atoms with van der Waals surface area (Å²) in [5.74, 6) is 1.21. The first-order valence-corrected chi connectivity index (χ1v) is 9.96. The molecule has 0 bridgehead atoms. The molecule has 0 saturated carbocycles. The number of ether oxygens (including phenoxy) is 2. The Morgan fingerprint density at radius 3 is 2.58 bits per heavy atom. The third kappa shape index (κ3) is 3.24. The molecule has 0 aliphatic carbocycles. The maximum Gasteiger partial charge on any atom is 0.279 e. The number of thiazole rings is 1. The number of nitrogens with zero attached hydrogens (tertiary/aromatic N) is 2. The SMILES string of the molecule is CC(C)Sc1ccc(C(=O)N=c2sc3cc4c(cc3n2C)OCO4)cc1. The first-order chi connectivity index (χ1) is 12.5. The van der Waals surface area contributed by atoms with Gasteiger partial charge in [0.1, 0.15) is 0 Å². The van der Waals surface area contributed by atoms with Gasteiger partial charge in [-0.05, 0) is 24.3 Å². The number of rotatable bonds is 3. The van der Waals surface area contributed by atoms with Gasteiger partial charge < -0.3 is 14.0 Å². The largest absolute Gasteiger partial charge is 0.454 e. The van der Waals surface area contributed by atoms with Gasteiger partial charge in [-0.1, -0.05) is 25.2 Å². The maximum absolute atomic E-state index is 12.5. The molecule has 0 spiro atoms. The van der Waals surface area contributed by atoms with E-state index in [1.54, 1.807) is 11.8 Å². The van der Waals surface area contributed by atoms with Gasteiger partial charge in [-0.3, -0.25) is 4.79 Å². The van der Waals surface area contributed by atoms with Crippen molar-refractivity contribution in [3.8, 4) is 11.5 Å². The van der Waals surface area contributed by atoms with Crippen LogP contribution in [0, 0.1) is 0 Å². The van der Waals surface area contributed by atoms with Gasteiger partial charge in [-0.25, -0.2) is 0 Å². The number of hydrogen-bond acceptors (Lipinski definition) is 5. The van der Waals surface area contributed by atoms with Crippen LogP contribution in [-0.2, 0) is 7.05 Å². The standard InChI is InChI=1S/C19H18N2O3S2/c1-11(2)25-13-6-4-12(5-7-13)18(22)20-19-21(3)14-8-15-16(24-10-23-15)9-17(14)26-19/h4-9,11H,10H2,1-3H3. The molecule has 2 heterocycles. The van der Waals surface area contributed by atoms with Crippen LogP contribution in [0.5, 0.6) is 11.5 Å². The molecule has 1 aliphatic heterocycles. The normalized spacial score (nSPS) is 13.8. The van der Waals surface area contributed by atoms with Gasteiger partial charge in [0, 0.05) is 34.9 Å². The molecule has 7 heteroatoms. The molecule has 3 aromatic rings. The Labute approximate surface area is 159 Å². The number of fused-ring (bicyclic) bond motifs is 2. The highest BCUT2D eigenvalue weighted by Crippen LogP contribution is 2.36. The number of carbonyl (C=O) groups is 1. The minimum Gasteiger partial charge on any atom is -0.454 e. The minimum absolute atomic E-state index is 0.242. The lowest BCUT2D eigenvalue weighted by Gasteiger charge is -2.04. The lowest BCUT2D eigenvalue weighted by atomic mass is 10.2. The Balaban J connectivity index is 1.67. The summed E-state index contributed by atoms with van der Waals surface area (Å²) in [7, 11) is 1.90. The highest BCUT2D eigenvalue weighted by molar-refractivity contribution is 7.99. The van der Waals surface area contributed by atoms with Gasteiger partial charge in [0.2, 0.25) is 6.79 Å². The van der Waals surface area contributed by atoms with E-state index in [4.69, 9.17) is 9.47 Å². The summed E-state index contributed by atoms with van der Waals surface area (Å²) in [4.78, 5) is 18.7. The molecule has 0 unspecified atom stereocenters. The van der Waals surface area contributed by atoms with E-state index >= 15 is 0 Å². The van der Waals surface area contributed by atoms with E-state index in [1.165, 1.54) is 11.3 Å². The molecule has 0 saturated heterocycles. The fourth-order valence-electron chi connectivity index (χ4n) is 2.72. The lowest BCUT2D eigenvalue weighted by molar-refractivity contribution is 0.0998. The van der Waals surface area contributed by atoms with Gasteiger partial charge in [0.15, 0.2) is 16.3 Å². The summed E-state index contributed by atoms with van der Waals surface area (Å²) >= 11 is 3.23. The highest BCUT2D eigenvalue weighted by atomic mass is 32.2. The van der Waals surface area contributed by atoms with Crippen LogP contribution in [0.3, 0.4) is 0 Å². The van der Waals surface area contributed by atoms with Crippen LogP contribution in [0.2, 0.25) is 0 Å². The molecular formula is C19H18N2O3S2. The van der Waals surface area contributed by atoms with Gasteiger partial charge in [-0.15, -0.1) is 11.8 Å². The molecule has 5 nitrogen and oxygen atoms in total. The van der Waals surface area contributed by atoms with Gasteiger partial charge >= 0.3 is 0 Å². The second-order valence-electron chi connectivity index (χ2n) is 6.22. The third-order valence-corrected chi connectivity index (χ3v) is 6.08. The van der Waals surface area contributed by atoms with Gasteiger partial charge in [0.05, 0.1) is 10.2 Å². The Hall–Kier alpha value is -2.25. The van der Waals surface area contributed by atoms with Crippen molar-refractivity contribution < 1.29 is 14.3 Å². The van der Waals surface area contributed by atoms with Crippen molar-refractivity contribution in [2.75, 3.05) is 6.79 Å². The van der Waals surface area contributed by atoms with E-state index in [0.717, 1.165) is 26.6 Å². The Morgan fingerprint density at radius 1 is 1.19 bits per heavy atom. The third-order valence-electron chi connectivity index (χ3n) is 3.97. The second-order valence-corrected chi connectivity index (χ2v) is 8.88. The monoisotopic (exact) mass is 386 g/mol. The Morgan fingerprint density at radius 2 is 1.88 bits per heavy atom. The van der Waals surface area contributed by atoms with E-state index < -0.39 is 0 Å². The predicted molar refractivity (Wildman–Crippen MR) is 104 cm³/mol. The zero-order valence-corrected chi connectivity index (χ0v) is 16.3. The topological polar surface area (TPSA) is 52.8 Å². The van der Waals surface area contributed by atoms with Crippen LogP contribution in [0.25, 0.3) is 10.2 Å². The van der Waals surface area contributed by atoms with Crippen LogP contribution < -0.4 is 14.3 Å². The van der Waals surface area contributed by atoms with Crippen LogP contribution in [-0.4, -0.2) is 22.5 Å². The first kappa shape index (κ1) is 17.2. The summed E-state index contributed by atoms with van der Waals surface area (Å²) < 4.78 is 13.8. The number of thioether (sulfide) groups is 1. The smallest absolute Gasteiger partial charge is 0.279 e. The van der Waals surface area contributed by atoms with Crippen molar-refractivity contribution in [2.24, 2.45) is 12.0 Å². The van der Waals surface area contributed by atoms with Crippen molar-refractivity contribution in [2.45, 2.75) is 24.0 Å². The molecule has 0 radical (unpaired) electrons. The van der Waals surface area contributed by atoms with Crippen molar-refractivity contribution >= 4 is 39.2 Å². The zero-order valence-electron chi connectivity index (χ0n) is 14.7. The lowest BCUT2D eigenvalue weighted by Crippen LogP contribution is -2.13. The van der Waals surface area contributed by atoms with Crippen LogP contribution in [0.1, 0.15) is 24.2 Å². The molecule has 0 fully saturated rings. The molecular weight excluding hydrogens is 368 g/mol. The molecule has 0 atom stereocenters. The fraction of sp³-hybridized carbons (Fsp3) is 0.263. The summed E-state index contributed by atoms with van der Waals surface area (Å²) in [6, 6.07) is 11.5. The number of benzene rings is 2. The average molecular weight is 386 g/mol. The van der Waals surface area contributed by atoms with E-state index in [1.807, 2.05) is 48.0 Å². The van der Waals surface area contributed by atoms with Crippen molar-refractivity contribution in [1.29, 1.82) is 0 Å². The average Bonchev–Trinajstić information content (AvgIpc) is 3.18. The molecule has 0 N–H and O–H groups in total. The first-order valence-electron chi connectivity index (χ1n) is 8.26. The van der Waals surface area contributed by atoms with E-state index in [0.29, 0.717) is 15.6 Å². The minimum atomic E-state index is -0.242. The molecule has 1 aliphatic rings. The predicted octanol–water partition coefficient (Wildman–Crippen LogP) is 4.21.